The van der Waals surface area contributed by atoms with Crippen molar-refractivity contribution in [3.8, 4) is 5.75 Å². The third-order valence-corrected chi connectivity index (χ3v) is 2.26. The molecule has 6 heteroatoms. The summed E-state index contributed by atoms with van der Waals surface area (Å²) >= 11 is 0. The summed E-state index contributed by atoms with van der Waals surface area (Å²) in [7, 11) is 0. The predicted molar refractivity (Wildman–Crippen MR) is 68.9 cm³/mol. The monoisotopic (exact) mass is 280 g/mol. The molecule has 0 aliphatic heterocycles. The molecule has 0 saturated carbocycles. The second-order valence-electron chi connectivity index (χ2n) is 4.06. The predicted octanol–water partition coefficient (Wildman–Crippen LogP) is 1.78. The molecule has 0 aliphatic rings. The molecule has 1 aromatic carbocycles. The molecule has 0 spiro atoms. The van der Waals surface area contributed by atoms with Crippen LogP contribution in [0, 0.1) is 0 Å². The highest BCUT2D eigenvalue weighted by atomic mass is 16.6. The van der Waals surface area contributed by atoms with E-state index in [0.29, 0.717) is 11.3 Å². The van der Waals surface area contributed by atoms with E-state index in [9.17, 15) is 14.4 Å². The molecule has 108 valence electrons. The smallest absolute Gasteiger partial charge is 0.308 e. The third kappa shape index (κ3) is 5.51. The zero-order valence-electron chi connectivity index (χ0n) is 11.5. The van der Waals surface area contributed by atoms with Crippen LogP contribution in [0.3, 0.4) is 0 Å². The molecule has 0 bridgehead atoms. The molecule has 0 aromatic heterocycles. The van der Waals surface area contributed by atoms with Gasteiger partial charge in [-0.15, -0.1) is 0 Å². The van der Waals surface area contributed by atoms with E-state index in [0.717, 1.165) is 0 Å². The molecular formula is C14H16O6. The lowest BCUT2D eigenvalue weighted by molar-refractivity contribution is -0.156. The molecule has 0 heterocycles. The van der Waals surface area contributed by atoms with Crippen molar-refractivity contribution in [2.24, 2.45) is 0 Å². The van der Waals surface area contributed by atoms with Gasteiger partial charge in [0.05, 0.1) is 0 Å². The van der Waals surface area contributed by atoms with Crippen LogP contribution in [0.4, 0.5) is 0 Å². The van der Waals surface area contributed by atoms with Gasteiger partial charge in [0.15, 0.2) is 6.10 Å². The van der Waals surface area contributed by atoms with E-state index in [1.54, 1.807) is 24.3 Å². The maximum Gasteiger partial charge on any atom is 0.308 e. The standard InChI is InChI=1S/C14H16O6/c1-9(15)18-8-14(20-11(3)17)12-4-6-13(7-5-12)19-10(2)16/h4-7,14H,8H2,1-3H3. The first kappa shape index (κ1) is 15.7. The average molecular weight is 280 g/mol. The summed E-state index contributed by atoms with van der Waals surface area (Å²) in [5.41, 5.74) is 0.636. The lowest BCUT2D eigenvalue weighted by Gasteiger charge is -2.17. The second kappa shape index (κ2) is 7.28. The minimum Gasteiger partial charge on any atom is -0.462 e. The van der Waals surface area contributed by atoms with Crippen molar-refractivity contribution in [2.45, 2.75) is 26.9 Å². The molecule has 1 atom stereocenters. The first-order valence-electron chi connectivity index (χ1n) is 5.97. The van der Waals surface area contributed by atoms with E-state index < -0.39 is 24.0 Å². The number of carbonyl (C=O) groups is 3. The zero-order chi connectivity index (χ0) is 15.1. The SMILES string of the molecule is CC(=O)OCC(OC(C)=O)c1ccc(OC(C)=O)cc1. The Hall–Kier alpha value is -2.37. The molecule has 1 unspecified atom stereocenters. The van der Waals surface area contributed by atoms with Gasteiger partial charge >= 0.3 is 17.9 Å². The quantitative estimate of drug-likeness (QED) is 0.604. The molecule has 0 saturated heterocycles. The van der Waals surface area contributed by atoms with Gasteiger partial charge in [-0.1, -0.05) is 12.1 Å². The van der Waals surface area contributed by atoms with Gasteiger partial charge in [-0.3, -0.25) is 14.4 Å². The largest absolute Gasteiger partial charge is 0.462 e. The molecule has 1 aromatic rings. The summed E-state index contributed by atoms with van der Waals surface area (Å²) in [5, 5.41) is 0. The maximum absolute atomic E-state index is 11.1. The Morgan fingerprint density at radius 2 is 1.55 bits per heavy atom. The number of rotatable bonds is 5. The highest BCUT2D eigenvalue weighted by molar-refractivity contribution is 5.69. The number of esters is 3. The van der Waals surface area contributed by atoms with E-state index in [4.69, 9.17) is 14.2 Å². The molecule has 0 aliphatic carbocycles. The lowest BCUT2D eigenvalue weighted by atomic mass is 10.1. The molecule has 1 rings (SSSR count). The number of ether oxygens (including phenoxy) is 3. The molecule has 0 fully saturated rings. The van der Waals surface area contributed by atoms with Crippen LogP contribution in [0.1, 0.15) is 32.4 Å². The minimum atomic E-state index is -0.692. The van der Waals surface area contributed by atoms with Crippen LogP contribution in [0.25, 0.3) is 0 Å². The zero-order valence-corrected chi connectivity index (χ0v) is 11.5. The Kier molecular flexibility index (Phi) is 5.71. The highest BCUT2D eigenvalue weighted by Gasteiger charge is 2.16. The number of carbonyl (C=O) groups excluding carboxylic acids is 3. The van der Waals surface area contributed by atoms with Gasteiger partial charge in [0.2, 0.25) is 0 Å². The Morgan fingerprint density at radius 1 is 0.950 bits per heavy atom. The summed E-state index contributed by atoms with van der Waals surface area (Å²) < 4.78 is 14.8. The van der Waals surface area contributed by atoms with Crippen molar-refractivity contribution in [3.63, 3.8) is 0 Å². The number of benzene rings is 1. The molecular weight excluding hydrogens is 264 g/mol. The van der Waals surface area contributed by atoms with Crippen molar-refractivity contribution in [2.75, 3.05) is 6.61 Å². The third-order valence-electron chi connectivity index (χ3n) is 2.26. The van der Waals surface area contributed by atoms with Crippen LogP contribution in [0.2, 0.25) is 0 Å². The van der Waals surface area contributed by atoms with Gasteiger partial charge in [-0.2, -0.15) is 0 Å². The molecule has 6 nitrogen and oxygen atoms in total. The van der Waals surface area contributed by atoms with Crippen molar-refractivity contribution < 1.29 is 28.6 Å². The number of hydrogen-bond acceptors (Lipinski definition) is 6. The van der Waals surface area contributed by atoms with E-state index in [1.165, 1.54) is 20.8 Å². The summed E-state index contributed by atoms with van der Waals surface area (Å²) in [4.78, 5) is 32.7. The minimum absolute atomic E-state index is 0.0676. The van der Waals surface area contributed by atoms with Gasteiger partial charge in [0, 0.05) is 20.8 Å². The summed E-state index contributed by atoms with van der Waals surface area (Å²) in [6, 6.07) is 6.41. The summed E-state index contributed by atoms with van der Waals surface area (Å²) in [6.45, 7) is 3.78. The highest BCUT2D eigenvalue weighted by Crippen LogP contribution is 2.21. The van der Waals surface area contributed by atoms with Crippen LogP contribution in [0.15, 0.2) is 24.3 Å². The van der Waals surface area contributed by atoms with Crippen molar-refractivity contribution >= 4 is 17.9 Å². The van der Waals surface area contributed by atoms with Crippen LogP contribution >= 0.6 is 0 Å². The fourth-order valence-electron chi connectivity index (χ4n) is 1.51. The van der Waals surface area contributed by atoms with Gasteiger partial charge in [0.25, 0.3) is 0 Å². The van der Waals surface area contributed by atoms with Crippen LogP contribution in [0.5, 0.6) is 5.75 Å². The van der Waals surface area contributed by atoms with E-state index >= 15 is 0 Å². The molecule has 0 amide bonds. The molecule has 0 N–H and O–H groups in total. The van der Waals surface area contributed by atoms with Crippen LogP contribution in [-0.4, -0.2) is 24.5 Å². The fraction of sp³-hybridized carbons (Fsp3) is 0.357. The maximum atomic E-state index is 11.1. The van der Waals surface area contributed by atoms with Gasteiger partial charge < -0.3 is 14.2 Å². The Bertz CT molecular complexity index is 491. The van der Waals surface area contributed by atoms with E-state index in [2.05, 4.69) is 0 Å². The summed E-state index contributed by atoms with van der Waals surface area (Å²) in [6.07, 6.45) is -0.692. The molecule has 0 radical (unpaired) electrons. The topological polar surface area (TPSA) is 78.9 Å². The van der Waals surface area contributed by atoms with Crippen molar-refractivity contribution in [1.29, 1.82) is 0 Å². The van der Waals surface area contributed by atoms with E-state index in [1.807, 2.05) is 0 Å². The van der Waals surface area contributed by atoms with Crippen LogP contribution in [-0.2, 0) is 23.9 Å². The Balaban J connectivity index is 2.81. The van der Waals surface area contributed by atoms with Gasteiger partial charge in [-0.05, 0) is 17.7 Å². The first-order chi connectivity index (χ1) is 9.38. The Labute approximate surface area is 116 Å². The van der Waals surface area contributed by atoms with Gasteiger partial charge in [-0.25, -0.2) is 0 Å². The molecule has 20 heavy (non-hydrogen) atoms. The summed E-state index contributed by atoms with van der Waals surface area (Å²) in [5.74, 6) is -0.977. The van der Waals surface area contributed by atoms with Gasteiger partial charge in [0.1, 0.15) is 12.4 Å². The normalized spacial score (nSPS) is 11.3. The van der Waals surface area contributed by atoms with Crippen molar-refractivity contribution in [3.05, 3.63) is 29.8 Å². The van der Waals surface area contributed by atoms with Crippen molar-refractivity contribution in [1.82, 2.24) is 0 Å². The lowest BCUT2D eigenvalue weighted by Crippen LogP contribution is -2.16. The average Bonchev–Trinajstić information content (AvgIpc) is 2.34. The van der Waals surface area contributed by atoms with Crippen LogP contribution < -0.4 is 4.74 Å². The number of hydrogen-bond donors (Lipinski definition) is 0. The Morgan fingerprint density at radius 3 is 2.00 bits per heavy atom. The second-order valence-corrected chi connectivity index (χ2v) is 4.06. The van der Waals surface area contributed by atoms with E-state index in [-0.39, 0.29) is 6.61 Å². The first-order valence-corrected chi connectivity index (χ1v) is 5.97. The fourth-order valence-corrected chi connectivity index (χ4v) is 1.51.